The Morgan fingerprint density at radius 1 is 1.20 bits per heavy atom. The van der Waals surface area contributed by atoms with Crippen molar-refractivity contribution in [1.29, 1.82) is 0 Å². The van der Waals surface area contributed by atoms with Crippen LogP contribution in [0.2, 0.25) is 0 Å². The van der Waals surface area contributed by atoms with Gasteiger partial charge in [-0.2, -0.15) is 0 Å². The summed E-state index contributed by atoms with van der Waals surface area (Å²) < 4.78 is 25.4. The van der Waals surface area contributed by atoms with Crippen LogP contribution in [0.25, 0.3) is 0 Å². The third-order valence-corrected chi connectivity index (χ3v) is 0. The van der Waals surface area contributed by atoms with E-state index < -0.39 is 23.2 Å². The van der Waals surface area contributed by atoms with Gasteiger partial charge < -0.3 is 0 Å². The molecule has 0 bridgehead atoms. The van der Waals surface area contributed by atoms with Gasteiger partial charge in [0.25, 0.3) is 0 Å². The molecule has 0 radical (unpaired) electrons. The number of rotatable bonds is 0. The monoisotopic (exact) mass is 228 g/mol. The molecular weight excluding hydrogens is 230 g/mol. The summed E-state index contributed by atoms with van der Waals surface area (Å²) in [5.41, 5.74) is 0. The van der Waals surface area contributed by atoms with Gasteiger partial charge in [-0.3, -0.25) is 0 Å². The first-order valence-electron chi connectivity index (χ1n) is 0.612. The first-order chi connectivity index (χ1) is 2.41. The van der Waals surface area contributed by atoms with E-state index in [1.165, 1.54) is 0 Å². The Morgan fingerprint density at radius 3 is 1.20 bits per heavy atom. The van der Waals surface area contributed by atoms with Crippen molar-refractivity contribution in [2.75, 3.05) is 0 Å². The molecule has 0 atom stereocenters. The zero-order valence-corrected chi connectivity index (χ0v) is 7.14. The molecule has 0 aromatic carbocycles. The molecule has 0 aliphatic rings. The fraction of sp³-hybridized carbons (Fsp3) is 0. The normalized spacial score (nSPS) is 2.20. The molecule has 0 saturated carbocycles. The van der Waals surface area contributed by atoms with Crippen molar-refractivity contribution >= 4 is 0 Å². The first kappa shape index (κ1) is 9.48. The molecule has 0 N–H and O–H groups in total. The molecule has 0 unspecified atom stereocenters. The molecule has 0 saturated heterocycles. The second-order valence-electron chi connectivity index (χ2n) is 0.0833. The molecule has 0 aromatic rings. The van der Waals surface area contributed by atoms with E-state index >= 15 is 0 Å². The predicted octanol–water partition coefficient (Wildman–Crippen LogP) is -0.361. The molecule has 0 spiro atoms. The Morgan fingerprint density at radius 2 is 1.20 bits per heavy atom. The molecule has 0 amide bonds. The third kappa shape index (κ3) is 38.1. The zero-order valence-electron chi connectivity index (χ0n) is 2.22. The van der Waals surface area contributed by atoms with E-state index in [9.17, 15) is 0 Å². The fourth-order valence-corrected chi connectivity index (χ4v) is 0. The summed E-state index contributed by atoms with van der Waals surface area (Å²) in [6.45, 7) is 0. The molecule has 0 aliphatic carbocycles. The van der Waals surface area contributed by atoms with Crippen molar-refractivity contribution in [3.8, 4) is 0 Å². The van der Waals surface area contributed by atoms with E-state index in [1.807, 2.05) is 0 Å². The van der Waals surface area contributed by atoms with Crippen molar-refractivity contribution in [1.82, 2.24) is 0 Å². The zero-order chi connectivity index (χ0) is 4.71. The molecule has 0 aliphatic heterocycles. The maximum absolute atomic E-state index is 8.54. The molecular formula is O3Zr2. The van der Waals surface area contributed by atoms with Crippen LogP contribution in [-0.4, -0.2) is 0 Å². The van der Waals surface area contributed by atoms with Gasteiger partial charge in [-0.1, -0.05) is 0 Å². The van der Waals surface area contributed by atoms with Crippen LogP contribution in [0, 0.1) is 0 Å². The molecule has 0 fully saturated rings. The summed E-state index contributed by atoms with van der Waals surface area (Å²) in [6.07, 6.45) is 0. The van der Waals surface area contributed by atoms with Crippen LogP contribution in [0.1, 0.15) is 0 Å². The van der Waals surface area contributed by atoms with Gasteiger partial charge in [0.2, 0.25) is 0 Å². The summed E-state index contributed by atoms with van der Waals surface area (Å²) in [6, 6.07) is 0. The predicted molar refractivity (Wildman–Crippen MR) is 2.06 cm³/mol. The SMILES string of the molecule is [O]=[Zr].[O]=[Zr]=[O]. The van der Waals surface area contributed by atoms with Crippen molar-refractivity contribution < 1.29 is 56.4 Å². The van der Waals surface area contributed by atoms with Crippen LogP contribution in [0.4, 0.5) is 0 Å². The van der Waals surface area contributed by atoms with Crippen molar-refractivity contribution in [3.63, 3.8) is 0 Å². The molecule has 0 aromatic heterocycles. The Hall–Kier alpha value is 1.17. The summed E-state index contributed by atoms with van der Waals surface area (Å²) in [5, 5.41) is 0. The average molecular weight is 230 g/mol. The van der Waals surface area contributed by atoms with Gasteiger partial charge in [0, 0.05) is 0 Å². The fourth-order valence-electron chi connectivity index (χ4n) is 0. The third-order valence-electron chi connectivity index (χ3n) is 0. The molecule has 0 heterocycles. The Bertz CT molecular complexity index is 34.2. The summed E-state index contributed by atoms with van der Waals surface area (Å²) >= 11 is -1.97. The van der Waals surface area contributed by atoms with Gasteiger partial charge >= 0.3 is 56.4 Å². The second-order valence-corrected chi connectivity index (χ2v) is 0.493. The Balaban J connectivity index is 0. The van der Waals surface area contributed by atoms with Crippen molar-refractivity contribution in [3.05, 3.63) is 0 Å². The summed E-state index contributed by atoms with van der Waals surface area (Å²) in [7, 11) is 0. The van der Waals surface area contributed by atoms with Crippen LogP contribution < -0.4 is 0 Å². The number of hydrogen-bond acceptors (Lipinski definition) is 3. The van der Waals surface area contributed by atoms with E-state index in [2.05, 4.69) is 0 Å². The van der Waals surface area contributed by atoms with Crippen LogP contribution in [0.5, 0.6) is 0 Å². The molecule has 5 heavy (non-hydrogen) atoms. The van der Waals surface area contributed by atoms with Crippen molar-refractivity contribution in [2.45, 2.75) is 0 Å². The van der Waals surface area contributed by atoms with Gasteiger partial charge in [0.15, 0.2) is 0 Å². The van der Waals surface area contributed by atoms with E-state index in [0.717, 1.165) is 0 Å². The van der Waals surface area contributed by atoms with Gasteiger partial charge in [-0.25, -0.2) is 0 Å². The minimum atomic E-state index is -2.27. The van der Waals surface area contributed by atoms with Gasteiger partial charge in [0.05, 0.1) is 0 Å². The van der Waals surface area contributed by atoms with Gasteiger partial charge in [0.1, 0.15) is 0 Å². The van der Waals surface area contributed by atoms with Gasteiger partial charge in [-0.15, -0.1) is 0 Å². The van der Waals surface area contributed by atoms with E-state index in [4.69, 9.17) is 8.44 Å². The van der Waals surface area contributed by atoms with Crippen LogP contribution >= 0.6 is 0 Å². The van der Waals surface area contributed by atoms with Crippen LogP contribution in [0.15, 0.2) is 0 Å². The Labute approximate surface area is 55.9 Å². The first-order valence-corrected chi connectivity index (χ1v) is 3.62. The van der Waals surface area contributed by atoms with Gasteiger partial charge in [-0.05, 0) is 0 Å². The van der Waals surface area contributed by atoms with E-state index in [0.29, 0.717) is 24.7 Å². The number of hydrogen-bond donors (Lipinski definition) is 0. The summed E-state index contributed by atoms with van der Waals surface area (Å²) in [4.78, 5) is 0. The molecule has 26 valence electrons. The average Bonchev–Trinajstić information content (AvgIpc) is 1.46. The molecule has 3 nitrogen and oxygen atoms in total. The molecule has 0 rings (SSSR count). The standard InChI is InChI=1S/3O.2Zr. The van der Waals surface area contributed by atoms with Crippen molar-refractivity contribution in [2.24, 2.45) is 0 Å². The van der Waals surface area contributed by atoms with Crippen LogP contribution in [-0.2, 0) is 56.4 Å². The minimum absolute atomic E-state index is 0.300. The topological polar surface area (TPSA) is 51.2 Å². The molecule has 5 heteroatoms. The second kappa shape index (κ2) is 19.1. The maximum atomic E-state index is 8.54. The van der Waals surface area contributed by atoms with Crippen LogP contribution in [0.3, 0.4) is 0 Å². The van der Waals surface area contributed by atoms with E-state index in [-0.39, 0.29) is 0 Å². The quantitative estimate of drug-likeness (QED) is 0.571. The summed E-state index contributed by atoms with van der Waals surface area (Å²) in [5.74, 6) is 0. The van der Waals surface area contributed by atoms with E-state index in [1.54, 1.807) is 0 Å². The Kier molecular flexibility index (Phi) is 36.2.